The van der Waals surface area contributed by atoms with Crippen molar-refractivity contribution in [1.29, 1.82) is 0 Å². The van der Waals surface area contributed by atoms with Gasteiger partial charge in [0.1, 0.15) is 0 Å². The standard InChI is InChI=1S/C12H28N2.C2H6O4S/c1-12(2,14(5)6)10-8-7-9-11-13(3)4;1-5-7(3,4)6-2/h7-11H2,1-6H3;1-2H3. The van der Waals surface area contributed by atoms with E-state index in [0.29, 0.717) is 5.54 Å². The average Bonchev–Trinajstić information content (AvgIpc) is 2.38. The van der Waals surface area contributed by atoms with E-state index in [1.54, 1.807) is 0 Å². The Balaban J connectivity index is 0. The molecular weight excluding hydrogens is 292 g/mol. The van der Waals surface area contributed by atoms with Crippen LogP contribution < -0.4 is 0 Å². The van der Waals surface area contributed by atoms with Gasteiger partial charge in [-0.05, 0) is 61.4 Å². The molecule has 0 saturated heterocycles. The Kier molecular flexibility index (Phi) is 12.5. The Morgan fingerprint density at radius 1 is 0.905 bits per heavy atom. The van der Waals surface area contributed by atoms with Crippen molar-refractivity contribution in [2.24, 2.45) is 0 Å². The van der Waals surface area contributed by atoms with Crippen LogP contribution in [0.2, 0.25) is 0 Å². The first-order valence-corrected chi connectivity index (χ1v) is 8.50. The molecule has 0 fully saturated rings. The highest BCUT2D eigenvalue weighted by Crippen LogP contribution is 2.18. The van der Waals surface area contributed by atoms with Gasteiger partial charge in [0, 0.05) is 5.54 Å². The van der Waals surface area contributed by atoms with Gasteiger partial charge in [-0.1, -0.05) is 12.8 Å². The van der Waals surface area contributed by atoms with Crippen molar-refractivity contribution in [2.75, 3.05) is 49.0 Å². The summed E-state index contributed by atoms with van der Waals surface area (Å²) in [5, 5.41) is 0. The van der Waals surface area contributed by atoms with Gasteiger partial charge < -0.3 is 9.80 Å². The van der Waals surface area contributed by atoms with Gasteiger partial charge in [0.25, 0.3) is 0 Å². The van der Waals surface area contributed by atoms with Crippen LogP contribution in [-0.4, -0.2) is 72.7 Å². The number of hydrogen-bond donors (Lipinski definition) is 0. The van der Waals surface area contributed by atoms with Crippen molar-refractivity contribution in [3.63, 3.8) is 0 Å². The minimum Gasteiger partial charge on any atom is -0.309 e. The molecule has 7 heteroatoms. The van der Waals surface area contributed by atoms with Crippen molar-refractivity contribution in [2.45, 2.75) is 45.1 Å². The van der Waals surface area contributed by atoms with E-state index in [9.17, 15) is 8.42 Å². The minimum absolute atomic E-state index is 0.359. The fraction of sp³-hybridized carbons (Fsp3) is 1.00. The lowest BCUT2D eigenvalue weighted by molar-refractivity contribution is 0.177. The van der Waals surface area contributed by atoms with E-state index >= 15 is 0 Å². The van der Waals surface area contributed by atoms with Gasteiger partial charge >= 0.3 is 10.4 Å². The summed E-state index contributed by atoms with van der Waals surface area (Å²) in [5.41, 5.74) is 0.359. The smallest absolute Gasteiger partial charge is 0.309 e. The summed E-state index contributed by atoms with van der Waals surface area (Å²) in [6, 6.07) is 0. The van der Waals surface area contributed by atoms with E-state index in [4.69, 9.17) is 0 Å². The summed E-state index contributed by atoms with van der Waals surface area (Å²) in [4.78, 5) is 4.58. The Hall–Kier alpha value is -0.210. The highest BCUT2D eigenvalue weighted by Gasteiger charge is 2.18. The first-order chi connectivity index (χ1) is 9.48. The third-order valence-electron chi connectivity index (χ3n) is 3.51. The molecule has 0 amide bonds. The van der Waals surface area contributed by atoms with Crippen molar-refractivity contribution in [1.82, 2.24) is 9.80 Å². The second-order valence-electron chi connectivity index (χ2n) is 6.06. The fourth-order valence-electron chi connectivity index (χ4n) is 1.45. The molecule has 0 aliphatic heterocycles. The van der Waals surface area contributed by atoms with Crippen LogP contribution in [0.4, 0.5) is 0 Å². The predicted octanol–water partition coefficient (Wildman–Crippen LogP) is 1.97. The van der Waals surface area contributed by atoms with Gasteiger partial charge in [0.05, 0.1) is 14.2 Å². The van der Waals surface area contributed by atoms with Crippen molar-refractivity contribution < 1.29 is 16.8 Å². The Morgan fingerprint density at radius 3 is 1.67 bits per heavy atom. The SMILES string of the molecule is CN(C)CCCCCC(C)(C)N(C)C.COS(=O)(=O)OC. The van der Waals surface area contributed by atoms with E-state index in [1.807, 2.05) is 0 Å². The third-order valence-corrected chi connectivity index (χ3v) is 4.33. The zero-order chi connectivity index (χ0) is 17.1. The molecule has 0 aromatic heterocycles. The van der Waals surface area contributed by atoms with Crippen LogP contribution in [0.3, 0.4) is 0 Å². The van der Waals surface area contributed by atoms with Crippen LogP contribution in [0, 0.1) is 0 Å². The molecule has 6 nitrogen and oxygen atoms in total. The average molecular weight is 327 g/mol. The number of rotatable bonds is 9. The summed E-state index contributed by atoms with van der Waals surface area (Å²) in [6.07, 6.45) is 5.33. The van der Waals surface area contributed by atoms with Crippen LogP contribution >= 0.6 is 0 Å². The molecule has 0 bridgehead atoms. The van der Waals surface area contributed by atoms with E-state index in [-0.39, 0.29) is 0 Å². The topological polar surface area (TPSA) is 59.1 Å². The van der Waals surface area contributed by atoms with Gasteiger partial charge in [-0.25, -0.2) is 0 Å². The quantitative estimate of drug-likeness (QED) is 0.604. The summed E-state index contributed by atoms with van der Waals surface area (Å²) >= 11 is 0. The Morgan fingerprint density at radius 2 is 1.38 bits per heavy atom. The molecule has 0 aliphatic carbocycles. The number of hydrogen-bond acceptors (Lipinski definition) is 6. The monoisotopic (exact) mass is 326 g/mol. The van der Waals surface area contributed by atoms with Crippen LogP contribution in [0.25, 0.3) is 0 Å². The Bertz CT molecular complexity index is 331. The summed E-state index contributed by atoms with van der Waals surface area (Å²) in [5.74, 6) is 0. The van der Waals surface area contributed by atoms with E-state index < -0.39 is 10.4 Å². The Labute approximate surface area is 131 Å². The fourth-order valence-corrected chi connectivity index (χ4v) is 1.59. The molecule has 0 saturated carbocycles. The molecule has 130 valence electrons. The predicted molar refractivity (Wildman–Crippen MR) is 87.7 cm³/mol. The van der Waals surface area contributed by atoms with Crippen LogP contribution in [-0.2, 0) is 18.8 Å². The maximum Gasteiger partial charge on any atom is 0.399 e. The molecule has 0 aromatic carbocycles. The molecule has 0 unspecified atom stereocenters. The van der Waals surface area contributed by atoms with Crippen molar-refractivity contribution in [3.8, 4) is 0 Å². The van der Waals surface area contributed by atoms with Crippen molar-refractivity contribution in [3.05, 3.63) is 0 Å². The largest absolute Gasteiger partial charge is 0.399 e. The van der Waals surface area contributed by atoms with Crippen molar-refractivity contribution >= 4 is 10.4 Å². The maximum absolute atomic E-state index is 9.92. The molecule has 0 rings (SSSR count). The maximum atomic E-state index is 9.92. The van der Waals surface area contributed by atoms with E-state index in [0.717, 1.165) is 14.2 Å². The molecule has 21 heavy (non-hydrogen) atoms. The number of unbranched alkanes of at least 4 members (excludes halogenated alkanes) is 2. The van der Waals surface area contributed by atoms with Crippen LogP contribution in [0.5, 0.6) is 0 Å². The summed E-state index contributed by atoms with van der Waals surface area (Å²) < 4.78 is 27.5. The van der Waals surface area contributed by atoms with Crippen LogP contribution in [0.1, 0.15) is 39.5 Å². The minimum atomic E-state index is -3.66. The highest BCUT2D eigenvalue weighted by atomic mass is 32.3. The lowest BCUT2D eigenvalue weighted by atomic mass is 9.95. The lowest BCUT2D eigenvalue weighted by Gasteiger charge is -2.32. The molecule has 0 heterocycles. The lowest BCUT2D eigenvalue weighted by Crippen LogP contribution is -2.37. The second kappa shape index (κ2) is 11.4. The molecule has 0 atom stereocenters. The van der Waals surface area contributed by atoms with Gasteiger partial charge in [0.2, 0.25) is 0 Å². The molecule has 0 N–H and O–H groups in total. The molecule has 0 radical (unpaired) electrons. The zero-order valence-corrected chi connectivity index (χ0v) is 15.8. The molecule has 0 aromatic rings. The van der Waals surface area contributed by atoms with E-state index in [1.165, 1.54) is 32.2 Å². The van der Waals surface area contributed by atoms with E-state index in [2.05, 4.69) is 60.2 Å². The molecule has 0 spiro atoms. The van der Waals surface area contributed by atoms with Gasteiger partial charge in [-0.2, -0.15) is 8.42 Å². The van der Waals surface area contributed by atoms with Gasteiger partial charge in [-0.15, -0.1) is 0 Å². The van der Waals surface area contributed by atoms with Crippen LogP contribution in [0.15, 0.2) is 0 Å². The van der Waals surface area contributed by atoms with Gasteiger partial charge in [0.15, 0.2) is 0 Å². The highest BCUT2D eigenvalue weighted by molar-refractivity contribution is 7.81. The molecular formula is C14H34N2O4S. The first-order valence-electron chi connectivity index (χ1n) is 7.17. The molecule has 0 aliphatic rings. The second-order valence-corrected chi connectivity index (χ2v) is 7.55. The third kappa shape index (κ3) is 14.5. The normalized spacial score (nSPS) is 12.5. The zero-order valence-electron chi connectivity index (χ0n) is 15.0. The number of nitrogens with zero attached hydrogens (tertiary/aromatic N) is 2. The summed E-state index contributed by atoms with van der Waals surface area (Å²) in [6.45, 7) is 5.86. The summed E-state index contributed by atoms with van der Waals surface area (Å²) in [7, 11) is 7.01. The first kappa shape index (κ1) is 23.1. The van der Waals surface area contributed by atoms with Gasteiger partial charge in [-0.3, -0.25) is 8.37 Å².